The lowest BCUT2D eigenvalue weighted by atomic mass is 10.0. The first-order chi connectivity index (χ1) is 7.45. The summed E-state index contributed by atoms with van der Waals surface area (Å²) in [5, 5.41) is 6.16. The highest BCUT2D eigenvalue weighted by atomic mass is 16.1. The molecular formula is C13H28N2O. The van der Waals surface area contributed by atoms with Crippen LogP contribution in [-0.4, -0.2) is 25.0 Å². The van der Waals surface area contributed by atoms with Gasteiger partial charge >= 0.3 is 0 Å². The Balaban J connectivity index is 3.58. The molecule has 0 radical (unpaired) electrons. The van der Waals surface area contributed by atoms with Crippen LogP contribution in [0.1, 0.15) is 47.5 Å². The second kappa shape index (κ2) is 8.57. The lowest BCUT2D eigenvalue weighted by Crippen LogP contribution is -2.39. The van der Waals surface area contributed by atoms with Gasteiger partial charge in [0.15, 0.2) is 0 Å². The van der Waals surface area contributed by atoms with Gasteiger partial charge in [-0.3, -0.25) is 4.79 Å². The van der Waals surface area contributed by atoms with Crippen LogP contribution in [0.15, 0.2) is 0 Å². The first kappa shape index (κ1) is 15.4. The molecule has 0 bridgehead atoms. The molecule has 0 fully saturated rings. The largest absolute Gasteiger partial charge is 0.355 e. The summed E-state index contributed by atoms with van der Waals surface area (Å²) in [6, 6.07) is 0.416. The summed E-state index contributed by atoms with van der Waals surface area (Å²) in [7, 11) is 0. The molecule has 2 N–H and O–H groups in total. The number of carbonyl (C=O) groups is 1. The van der Waals surface area contributed by atoms with Crippen molar-refractivity contribution in [3.63, 3.8) is 0 Å². The predicted molar refractivity (Wildman–Crippen MR) is 69.4 cm³/mol. The van der Waals surface area contributed by atoms with E-state index < -0.39 is 0 Å². The van der Waals surface area contributed by atoms with Gasteiger partial charge in [-0.1, -0.05) is 34.1 Å². The molecule has 0 aromatic carbocycles. The zero-order chi connectivity index (χ0) is 12.6. The Morgan fingerprint density at radius 3 is 2.31 bits per heavy atom. The van der Waals surface area contributed by atoms with Crippen LogP contribution in [-0.2, 0) is 4.79 Å². The Morgan fingerprint density at radius 1 is 1.19 bits per heavy atom. The topological polar surface area (TPSA) is 41.1 Å². The number of nitrogens with one attached hydrogen (secondary N) is 2. The van der Waals surface area contributed by atoms with Gasteiger partial charge in [-0.2, -0.15) is 0 Å². The molecular weight excluding hydrogens is 200 g/mol. The van der Waals surface area contributed by atoms with Crippen LogP contribution in [0.3, 0.4) is 0 Å². The lowest BCUT2D eigenvalue weighted by molar-refractivity contribution is -0.120. The third-order valence-corrected chi connectivity index (χ3v) is 2.77. The third-order valence-electron chi connectivity index (χ3n) is 2.77. The second-order valence-corrected chi connectivity index (χ2v) is 5.23. The van der Waals surface area contributed by atoms with Crippen molar-refractivity contribution < 1.29 is 4.79 Å². The number of carbonyl (C=O) groups excluding carboxylic acids is 1. The van der Waals surface area contributed by atoms with Gasteiger partial charge in [0, 0.05) is 12.6 Å². The van der Waals surface area contributed by atoms with Gasteiger partial charge in [-0.05, 0) is 25.2 Å². The van der Waals surface area contributed by atoms with Crippen LogP contribution in [0.5, 0.6) is 0 Å². The fourth-order valence-electron chi connectivity index (χ4n) is 1.50. The van der Waals surface area contributed by atoms with E-state index in [0.29, 0.717) is 18.5 Å². The normalized spacial score (nSPS) is 14.9. The predicted octanol–water partition coefficient (Wildman–Crippen LogP) is 2.17. The van der Waals surface area contributed by atoms with E-state index in [1.54, 1.807) is 0 Å². The molecule has 0 aliphatic carbocycles. The summed E-state index contributed by atoms with van der Waals surface area (Å²) in [6.07, 6.45) is 2.33. The zero-order valence-electron chi connectivity index (χ0n) is 11.5. The van der Waals surface area contributed by atoms with Gasteiger partial charge in [0.1, 0.15) is 0 Å². The molecule has 96 valence electrons. The minimum atomic E-state index is 0.102. The molecule has 0 aliphatic heterocycles. The maximum atomic E-state index is 11.4. The molecule has 16 heavy (non-hydrogen) atoms. The maximum absolute atomic E-state index is 11.4. The average molecular weight is 228 g/mol. The van der Waals surface area contributed by atoms with Gasteiger partial charge < -0.3 is 10.6 Å². The zero-order valence-corrected chi connectivity index (χ0v) is 11.5. The molecule has 0 rings (SSSR count). The summed E-state index contributed by atoms with van der Waals surface area (Å²) in [6.45, 7) is 12.0. The van der Waals surface area contributed by atoms with E-state index in [0.717, 1.165) is 18.9 Å². The van der Waals surface area contributed by atoms with Crippen molar-refractivity contribution >= 4 is 5.91 Å². The maximum Gasteiger partial charge on any atom is 0.233 e. The monoisotopic (exact) mass is 228 g/mol. The summed E-state index contributed by atoms with van der Waals surface area (Å²) >= 11 is 0. The van der Waals surface area contributed by atoms with Gasteiger partial charge in [0.2, 0.25) is 5.91 Å². The Morgan fingerprint density at radius 2 is 1.81 bits per heavy atom. The van der Waals surface area contributed by atoms with Gasteiger partial charge in [-0.25, -0.2) is 0 Å². The summed E-state index contributed by atoms with van der Waals surface area (Å²) in [5.74, 6) is 1.34. The Hall–Kier alpha value is -0.570. The quantitative estimate of drug-likeness (QED) is 0.668. The molecule has 0 aliphatic rings. The fourth-order valence-corrected chi connectivity index (χ4v) is 1.50. The van der Waals surface area contributed by atoms with E-state index in [4.69, 9.17) is 0 Å². The summed E-state index contributed by atoms with van der Waals surface area (Å²) in [5.41, 5.74) is 0. The van der Waals surface area contributed by atoms with Gasteiger partial charge in [-0.15, -0.1) is 0 Å². The van der Waals surface area contributed by atoms with E-state index in [1.807, 2.05) is 0 Å². The minimum Gasteiger partial charge on any atom is -0.355 e. The molecule has 0 heterocycles. The number of rotatable bonds is 8. The third kappa shape index (κ3) is 8.72. The van der Waals surface area contributed by atoms with Crippen molar-refractivity contribution in [2.75, 3.05) is 13.1 Å². The molecule has 0 aromatic heterocycles. The van der Waals surface area contributed by atoms with Gasteiger partial charge in [0.25, 0.3) is 0 Å². The standard InChI is InChI=1S/C13H28N2O/c1-6-11(4)7-12(5)14-9-13(16)15-8-10(2)3/h10-12,14H,6-9H2,1-5H3,(H,15,16). The Bertz CT molecular complexity index is 192. The molecule has 2 unspecified atom stereocenters. The van der Waals surface area contributed by atoms with Crippen LogP contribution < -0.4 is 10.6 Å². The number of hydrogen-bond acceptors (Lipinski definition) is 2. The smallest absolute Gasteiger partial charge is 0.233 e. The van der Waals surface area contributed by atoms with Crippen molar-refractivity contribution in [1.29, 1.82) is 0 Å². The molecule has 0 aromatic rings. The lowest BCUT2D eigenvalue weighted by Gasteiger charge is -2.17. The van der Waals surface area contributed by atoms with Crippen molar-refractivity contribution in [1.82, 2.24) is 10.6 Å². The Kier molecular flexibility index (Phi) is 8.26. The molecule has 3 nitrogen and oxygen atoms in total. The summed E-state index contributed by atoms with van der Waals surface area (Å²) < 4.78 is 0. The number of hydrogen-bond donors (Lipinski definition) is 2. The average Bonchev–Trinajstić information content (AvgIpc) is 2.23. The van der Waals surface area contributed by atoms with Crippen molar-refractivity contribution in [2.24, 2.45) is 11.8 Å². The fraction of sp³-hybridized carbons (Fsp3) is 0.923. The van der Waals surface area contributed by atoms with Crippen LogP contribution in [0.4, 0.5) is 0 Å². The van der Waals surface area contributed by atoms with Crippen LogP contribution in [0, 0.1) is 11.8 Å². The molecule has 0 saturated carbocycles. The second-order valence-electron chi connectivity index (χ2n) is 5.23. The molecule has 3 heteroatoms. The van der Waals surface area contributed by atoms with E-state index in [2.05, 4.69) is 45.3 Å². The first-order valence-electron chi connectivity index (χ1n) is 6.45. The molecule has 1 amide bonds. The number of amides is 1. The molecule has 2 atom stereocenters. The van der Waals surface area contributed by atoms with E-state index >= 15 is 0 Å². The minimum absolute atomic E-state index is 0.102. The molecule has 0 spiro atoms. The summed E-state index contributed by atoms with van der Waals surface area (Å²) in [4.78, 5) is 11.4. The van der Waals surface area contributed by atoms with Crippen LogP contribution >= 0.6 is 0 Å². The van der Waals surface area contributed by atoms with Crippen LogP contribution in [0.25, 0.3) is 0 Å². The van der Waals surface area contributed by atoms with Crippen LogP contribution in [0.2, 0.25) is 0 Å². The van der Waals surface area contributed by atoms with E-state index in [1.165, 1.54) is 6.42 Å². The molecule has 0 saturated heterocycles. The van der Waals surface area contributed by atoms with Crippen molar-refractivity contribution in [2.45, 2.75) is 53.5 Å². The highest BCUT2D eigenvalue weighted by Crippen LogP contribution is 2.08. The van der Waals surface area contributed by atoms with E-state index in [-0.39, 0.29) is 5.91 Å². The highest BCUT2D eigenvalue weighted by Gasteiger charge is 2.08. The SMILES string of the molecule is CCC(C)CC(C)NCC(=O)NCC(C)C. The van der Waals surface area contributed by atoms with E-state index in [9.17, 15) is 4.79 Å². The Labute approximate surface area is 100 Å². The highest BCUT2D eigenvalue weighted by molar-refractivity contribution is 5.77. The first-order valence-corrected chi connectivity index (χ1v) is 6.45. The van der Waals surface area contributed by atoms with Gasteiger partial charge in [0.05, 0.1) is 6.54 Å². The van der Waals surface area contributed by atoms with Crippen molar-refractivity contribution in [3.05, 3.63) is 0 Å². The van der Waals surface area contributed by atoms with Crippen molar-refractivity contribution in [3.8, 4) is 0 Å².